The van der Waals surface area contributed by atoms with E-state index in [-0.39, 0.29) is 11.3 Å². The summed E-state index contributed by atoms with van der Waals surface area (Å²) in [6.45, 7) is 1.90. The van der Waals surface area contributed by atoms with Gasteiger partial charge in [-0.25, -0.2) is 4.79 Å². The zero-order chi connectivity index (χ0) is 15.4. The number of rotatable bonds is 4. The Hall–Kier alpha value is -2.89. The molecule has 21 heavy (non-hydrogen) atoms. The highest BCUT2D eigenvalue weighted by Crippen LogP contribution is 2.25. The van der Waals surface area contributed by atoms with Crippen LogP contribution in [0.1, 0.15) is 26.4 Å². The molecule has 0 fully saturated rings. The average molecular weight is 286 g/mol. The summed E-state index contributed by atoms with van der Waals surface area (Å²) >= 11 is 0. The fraction of sp³-hybridized carbons (Fsp3) is 0.133. The van der Waals surface area contributed by atoms with Crippen molar-refractivity contribution >= 4 is 17.6 Å². The number of aryl methyl sites for hydroxylation is 1. The first-order valence-corrected chi connectivity index (χ1v) is 6.17. The fourth-order valence-corrected chi connectivity index (χ4v) is 1.84. The van der Waals surface area contributed by atoms with Crippen molar-refractivity contribution in [2.45, 2.75) is 6.92 Å². The fourth-order valence-electron chi connectivity index (χ4n) is 1.84. The zero-order valence-corrected chi connectivity index (χ0v) is 11.6. The highest BCUT2D eigenvalue weighted by Gasteiger charge is 2.18. The Morgan fingerprint density at radius 3 is 2.71 bits per heavy atom. The third kappa shape index (κ3) is 3.17. The quantitative estimate of drug-likeness (QED) is 0.900. The van der Waals surface area contributed by atoms with E-state index in [1.54, 1.807) is 12.1 Å². The van der Waals surface area contributed by atoms with Gasteiger partial charge in [-0.2, -0.15) is 0 Å². The standard InChI is InChI=1S/C15H14N2O4/c1-9-5-6-11(12(8-9)21-2)17-14(18)13-10(15(19)20)4-3-7-16-13/h3-8H,1-2H3,(H,17,18)(H,19,20). The first-order chi connectivity index (χ1) is 10.0. The summed E-state index contributed by atoms with van der Waals surface area (Å²) in [5.74, 6) is -1.31. The molecule has 2 aromatic rings. The molecular formula is C15H14N2O4. The number of nitrogens with zero attached hydrogens (tertiary/aromatic N) is 1. The number of carboxylic acids is 1. The molecule has 2 rings (SSSR count). The summed E-state index contributed by atoms with van der Waals surface area (Å²) in [5.41, 5.74) is 1.14. The predicted molar refractivity (Wildman–Crippen MR) is 76.9 cm³/mol. The Morgan fingerprint density at radius 2 is 2.05 bits per heavy atom. The molecule has 0 aliphatic heterocycles. The normalized spacial score (nSPS) is 10.0. The molecule has 108 valence electrons. The van der Waals surface area contributed by atoms with Crippen LogP contribution in [-0.4, -0.2) is 29.1 Å². The van der Waals surface area contributed by atoms with Gasteiger partial charge >= 0.3 is 5.97 Å². The molecule has 1 aromatic carbocycles. The van der Waals surface area contributed by atoms with Gasteiger partial charge in [0.2, 0.25) is 0 Å². The van der Waals surface area contributed by atoms with Gasteiger partial charge in [0.25, 0.3) is 5.91 Å². The number of carbonyl (C=O) groups is 2. The lowest BCUT2D eigenvalue weighted by Crippen LogP contribution is -2.18. The van der Waals surface area contributed by atoms with Crippen LogP contribution in [0.3, 0.4) is 0 Å². The minimum absolute atomic E-state index is 0.146. The molecule has 0 aliphatic carbocycles. The number of aromatic carboxylic acids is 1. The van der Waals surface area contributed by atoms with E-state index in [1.807, 2.05) is 13.0 Å². The lowest BCUT2D eigenvalue weighted by atomic mass is 10.1. The summed E-state index contributed by atoms with van der Waals surface area (Å²) in [4.78, 5) is 27.1. The molecule has 0 saturated heterocycles. The molecule has 1 aromatic heterocycles. The first-order valence-electron chi connectivity index (χ1n) is 6.17. The van der Waals surface area contributed by atoms with Crippen molar-refractivity contribution in [1.29, 1.82) is 0 Å². The van der Waals surface area contributed by atoms with Crippen LogP contribution in [0.25, 0.3) is 0 Å². The molecule has 6 nitrogen and oxygen atoms in total. The SMILES string of the molecule is COc1cc(C)ccc1NC(=O)c1ncccc1C(=O)O. The Kier molecular flexibility index (Phi) is 4.18. The summed E-state index contributed by atoms with van der Waals surface area (Å²) in [5, 5.41) is 11.7. The topological polar surface area (TPSA) is 88.5 Å². The minimum atomic E-state index is -1.20. The molecule has 0 radical (unpaired) electrons. The van der Waals surface area contributed by atoms with E-state index in [2.05, 4.69) is 10.3 Å². The highest BCUT2D eigenvalue weighted by atomic mass is 16.5. The Morgan fingerprint density at radius 1 is 1.29 bits per heavy atom. The number of hydrogen-bond donors (Lipinski definition) is 2. The molecular weight excluding hydrogens is 272 g/mol. The Labute approximate surface area is 121 Å². The van der Waals surface area contributed by atoms with Crippen LogP contribution in [0.5, 0.6) is 5.75 Å². The molecule has 0 bridgehead atoms. The number of amides is 1. The van der Waals surface area contributed by atoms with Crippen molar-refractivity contribution in [1.82, 2.24) is 4.98 Å². The van der Waals surface area contributed by atoms with Crippen molar-refractivity contribution in [2.75, 3.05) is 12.4 Å². The minimum Gasteiger partial charge on any atom is -0.495 e. The van der Waals surface area contributed by atoms with Crippen LogP contribution in [0.4, 0.5) is 5.69 Å². The van der Waals surface area contributed by atoms with Gasteiger partial charge in [0.15, 0.2) is 0 Å². The predicted octanol–water partition coefficient (Wildman–Crippen LogP) is 2.35. The van der Waals surface area contributed by atoms with E-state index in [9.17, 15) is 9.59 Å². The summed E-state index contributed by atoms with van der Waals surface area (Å²) < 4.78 is 5.19. The number of ether oxygens (including phenoxy) is 1. The maximum atomic E-state index is 12.2. The van der Waals surface area contributed by atoms with Crippen LogP contribution in [-0.2, 0) is 0 Å². The van der Waals surface area contributed by atoms with E-state index in [1.165, 1.54) is 25.4 Å². The van der Waals surface area contributed by atoms with Crippen molar-refractivity contribution in [3.63, 3.8) is 0 Å². The molecule has 0 atom stereocenters. The molecule has 0 spiro atoms. The van der Waals surface area contributed by atoms with Crippen LogP contribution in [0, 0.1) is 6.92 Å². The summed E-state index contributed by atoms with van der Waals surface area (Å²) in [6, 6.07) is 8.07. The Bertz CT molecular complexity index is 698. The second kappa shape index (κ2) is 6.04. The average Bonchev–Trinajstić information content (AvgIpc) is 2.48. The monoisotopic (exact) mass is 286 g/mol. The number of hydrogen-bond acceptors (Lipinski definition) is 4. The molecule has 2 N–H and O–H groups in total. The van der Waals surface area contributed by atoms with Gasteiger partial charge in [-0.1, -0.05) is 6.07 Å². The van der Waals surface area contributed by atoms with Crippen molar-refractivity contribution in [3.8, 4) is 5.75 Å². The molecule has 0 aliphatic rings. The van der Waals surface area contributed by atoms with Crippen molar-refractivity contribution < 1.29 is 19.4 Å². The number of carboxylic acid groups (broad SMARTS) is 1. The number of anilines is 1. The third-order valence-corrected chi connectivity index (χ3v) is 2.86. The van der Waals surface area contributed by atoms with Gasteiger partial charge in [0.05, 0.1) is 18.4 Å². The molecule has 1 heterocycles. The van der Waals surface area contributed by atoms with E-state index < -0.39 is 11.9 Å². The van der Waals surface area contributed by atoms with Gasteiger partial charge in [0, 0.05) is 6.20 Å². The van der Waals surface area contributed by atoms with Gasteiger partial charge in [-0.05, 0) is 36.8 Å². The number of carbonyl (C=O) groups excluding carboxylic acids is 1. The maximum Gasteiger partial charge on any atom is 0.338 e. The summed E-state index contributed by atoms with van der Waals surface area (Å²) in [6.07, 6.45) is 1.37. The van der Waals surface area contributed by atoms with E-state index >= 15 is 0 Å². The lowest BCUT2D eigenvalue weighted by molar-refractivity contribution is 0.0691. The molecule has 6 heteroatoms. The van der Waals surface area contributed by atoms with E-state index in [0.29, 0.717) is 11.4 Å². The van der Waals surface area contributed by atoms with E-state index in [0.717, 1.165) is 5.56 Å². The number of aromatic nitrogens is 1. The van der Waals surface area contributed by atoms with Gasteiger partial charge in [0.1, 0.15) is 11.4 Å². The molecule has 0 unspecified atom stereocenters. The number of benzene rings is 1. The van der Waals surface area contributed by atoms with Gasteiger partial charge in [-0.15, -0.1) is 0 Å². The van der Waals surface area contributed by atoms with Crippen molar-refractivity contribution in [3.05, 3.63) is 53.3 Å². The smallest absolute Gasteiger partial charge is 0.338 e. The van der Waals surface area contributed by atoms with Crippen LogP contribution >= 0.6 is 0 Å². The largest absolute Gasteiger partial charge is 0.495 e. The van der Waals surface area contributed by atoms with Gasteiger partial charge < -0.3 is 15.2 Å². The van der Waals surface area contributed by atoms with E-state index in [4.69, 9.17) is 9.84 Å². The number of pyridine rings is 1. The van der Waals surface area contributed by atoms with Crippen LogP contribution in [0.2, 0.25) is 0 Å². The highest BCUT2D eigenvalue weighted by molar-refractivity contribution is 6.09. The molecule has 1 amide bonds. The third-order valence-electron chi connectivity index (χ3n) is 2.86. The first kappa shape index (κ1) is 14.5. The summed E-state index contributed by atoms with van der Waals surface area (Å²) in [7, 11) is 1.49. The Balaban J connectivity index is 2.33. The van der Waals surface area contributed by atoms with Crippen LogP contribution in [0.15, 0.2) is 36.5 Å². The van der Waals surface area contributed by atoms with Gasteiger partial charge in [-0.3, -0.25) is 9.78 Å². The maximum absolute atomic E-state index is 12.2. The second-order valence-electron chi connectivity index (χ2n) is 4.36. The zero-order valence-electron chi connectivity index (χ0n) is 11.6. The van der Waals surface area contributed by atoms with Crippen molar-refractivity contribution in [2.24, 2.45) is 0 Å². The molecule has 0 saturated carbocycles. The second-order valence-corrected chi connectivity index (χ2v) is 4.36. The number of methoxy groups -OCH3 is 1. The number of nitrogens with one attached hydrogen (secondary N) is 1. The van der Waals surface area contributed by atoms with Crippen LogP contribution < -0.4 is 10.1 Å². The lowest BCUT2D eigenvalue weighted by Gasteiger charge is -2.11.